The Morgan fingerprint density at radius 1 is 1.23 bits per heavy atom. The minimum Gasteiger partial charge on any atom is -0.419 e. The third-order valence-electron chi connectivity index (χ3n) is 2.61. The van der Waals surface area contributed by atoms with Gasteiger partial charge >= 0.3 is 12.1 Å². The molecule has 2 rings (SSSR count). The Hall–Kier alpha value is -2.46. The topological polar surface area (TPSA) is 98.9 Å². The smallest absolute Gasteiger partial charge is 0.419 e. The number of rotatable bonds is 4. The van der Waals surface area contributed by atoms with Crippen LogP contribution in [0.4, 0.5) is 13.2 Å². The first-order valence-corrected chi connectivity index (χ1v) is 5.91. The van der Waals surface area contributed by atoms with Crippen molar-refractivity contribution in [3.05, 3.63) is 29.3 Å². The summed E-state index contributed by atoms with van der Waals surface area (Å²) in [6.45, 7) is -0.132. The molecule has 0 saturated heterocycles. The summed E-state index contributed by atoms with van der Waals surface area (Å²) < 4.78 is 40.8. The van der Waals surface area contributed by atoms with Crippen molar-refractivity contribution >= 4 is 17.8 Å². The summed E-state index contributed by atoms with van der Waals surface area (Å²) >= 11 is 0. The molecule has 0 bridgehead atoms. The number of halogens is 3. The van der Waals surface area contributed by atoms with Crippen molar-refractivity contribution in [3.63, 3.8) is 0 Å². The quantitative estimate of drug-likeness (QED) is 0.497. The molecule has 0 saturated carbocycles. The SMILES string of the molecule is NCCON1C(=O)c2cccc(OC(=O)C(F)(F)F)c2C1=O. The maximum absolute atomic E-state index is 12.2. The number of hydrogen-bond acceptors (Lipinski definition) is 6. The molecule has 10 heteroatoms. The number of nitrogens with two attached hydrogens (primary N) is 1. The maximum Gasteiger partial charge on any atom is 0.491 e. The van der Waals surface area contributed by atoms with Crippen LogP contribution in [0.1, 0.15) is 20.7 Å². The Bertz CT molecular complexity index is 644. The summed E-state index contributed by atoms with van der Waals surface area (Å²) in [6.07, 6.45) is -5.23. The third kappa shape index (κ3) is 2.78. The molecule has 1 aromatic rings. The molecule has 0 aliphatic carbocycles. The van der Waals surface area contributed by atoms with Gasteiger partial charge in [0.2, 0.25) is 0 Å². The molecule has 1 aliphatic heterocycles. The lowest BCUT2D eigenvalue weighted by Gasteiger charge is -2.12. The zero-order valence-corrected chi connectivity index (χ0v) is 10.8. The Kier molecular flexibility index (Phi) is 4.15. The van der Waals surface area contributed by atoms with Gasteiger partial charge in [-0.25, -0.2) is 4.79 Å². The molecule has 1 aromatic carbocycles. The molecule has 0 aromatic heterocycles. The zero-order valence-electron chi connectivity index (χ0n) is 10.8. The molecule has 2 N–H and O–H groups in total. The molecule has 7 nitrogen and oxygen atoms in total. The van der Waals surface area contributed by atoms with E-state index >= 15 is 0 Å². The highest BCUT2D eigenvalue weighted by Crippen LogP contribution is 2.32. The third-order valence-corrected chi connectivity index (χ3v) is 2.61. The standard InChI is InChI=1S/C12H9F3N2O5/c13-12(14,15)11(20)22-7-3-1-2-6-8(7)10(19)17(9(6)18)21-5-4-16/h1-3H,4-5,16H2. The first-order valence-electron chi connectivity index (χ1n) is 5.91. The number of hydroxylamine groups is 2. The van der Waals surface area contributed by atoms with Crippen LogP contribution in [0.5, 0.6) is 5.75 Å². The van der Waals surface area contributed by atoms with Gasteiger partial charge in [0.25, 0.3) is 11.8 Å². The lowest BCUT2D eigenvalue weighted by Crippen LogP contribution is -2.32. The summed E-state index contributed by atoms with van der Waals surface area (Å²) in [5, 5.41) is 0.364. The van der Waals surface area contributed by atoms with E-state index in [0.717, 1.165) is 6.07 Å². The number of carbonyl (C=O) groups is 3. The highest BCUT2D eigenvalue weighted by molar-refractivity contribution is 6.22. The summed E-state index contributed by atoms with van der Waals surface area (Å²) in [5.74, 6) is -5.07. The van der Waals surface area contributed by atoms with Crippen molar-refractivity contribution in [1.82, 2.24) is 5.06 Å². The molecule has 0 spiro atoms. The van der Waals surface area contributed by atoms with Gasteiger partial charge in [-0.15, -0.1) is 5.06 Å². The maximum atomic E-state index is 12.2. The summed E-state index contributed by atoms with van der Waals surface area (Å²) in [5.41, 5.74) is 4.48. The minimum atomic E-state index is -5.23. The summed E-state index contributed by atoms with van der Waals surface area (Å²) in [7, 11) is 0. The fraction of sp³-hybridized carbons (Fsp3) is 0.250. The van der Waals surface area contributed by atoms with E-state index in [-0.39, 0.29) is 18.7 Å². The number of nitrogens with zero attached hydrogens (tertiary/aromatic N) is 1. The highest BCUT2D eigenvalue weighted by Gasteiger charge is 2.44. The number of hydrogen-bond donors (Lipinski definition) is 1. The van der Waals surface area contributed by atoms with Gasteiger partial charge in [-0.1, -0.05) is 6.07 Å². The van der Waals surface area contributed by atoms with Crippen LogP contribution in [0.25, 0.3) is 0 Å². The normalized spacial score (nSPS) is 14.3. The van der Waals surface area contributed by atoms with Crippen LogP contribution in [-0.4, -0.2) is 42.2 Å². The molecule has 0 atom stereocenters. The summed E-state index contributed by atoms with van der Waals surface area (Å²) in [6, 6.07) is 3.35. The van der Waals surface area contributed by atoms with Crippen LogP contribution in [0.15, 0.2) is 18.2 Å². The zero-order chi connectivity index (χ0) is 16.5. The first kappa shape index (κ1) is 15.9. The molecule has 0 fully saturated rings. The predicted octanol–water partition coefficient (Wildman–Crippen LogP) is 0.641. The van der Waals surface area contributed by atoms with Crippen LogP contribution in [0.2, 0.25) is 0 Å². The van der Waals surface area contributed by atoms with Crippen LogP contribution >= 0.6 is 0 Å². The number of benzene rings is 1. The van der Waals surface area contributed by atoms with E-state index in [1.165, 1.54) is 12.1 Å². The molecule has 2 amide bonds. The fourth-order valence-corrected chi connectivity index (χ4v) is 1.74. The number of alkyl halides is 3. The van der Waals surface area contributed by atoms with E-state index in [2.05, 4.69) is 4.74 Å². The monoisotopic (exact) mass is 318 g/mol. The fourth-order valence-electron chi connectivity index (χ4n) is 1.74. The Morgan fingerprint density at radius 3 is 2.50 bits per heavy atom. The van der Waals surface area contributed by atoms with Gasteiger partial charge in [0.1, 0.15) is 5.75 Å². The molecule has 0 unspecified atom stereocenters. The van der Waals surface area contributed by atoms with Crippen molar-refractivity contribution in [1.29, 1.82) is 0 Å². The van der Waals surface area contributed by atoms with Crippen molar-refractivity contribution < 1.29 is 37.1 Å². The number of carbonyl (C=O) groups excluding carboxylic acids is 3. The van der Waals surface area contributed by atoms with Gasteiger partial charge in [0, 0.05) is 6.54 Å². The number of ether oxygens (including phenoxy) is 1. The van der Waals surface area contributed by atoms with E-state index in [1.807, 2.05) is 0 Å². The van der Waals surface area contributed by atoms with Crippen LogP contribution in [0.3, 0.4) is 0 Å². The van der Waals surface area contributed by atoms with E-state index in [0.29, 0.717) is 5.06 Å². The molecule has 1 heterocycles. The molecule has 0 radical (unpaired) electrons. The van der Waals surface area contributed by atoms with E-state index in [4.69, 9.17) is 10.6 Å². The second kappa shape index (κ2) is 5.73. The number of esters is 1. The average Bonchev–Trinajstić information content (AvgIpc) is 2.69. The highest BCUT2D eigenvalue weighted by atomic mass is 19.4. The van der Waals surface area contributed by atoms with Crippen LogP contribution in [0, 0.1) is 0 Å². The lowest BCUT2D eigenvalue weighted by molar-refractivity contribution is -0.189. The average molecular weight is 318 g/mol. The number of fused-ring (bicyclic) bond motifs is 1. The van der Waals surface area contributed by atoms with Crippen LogP contribution in [-0.2, 0) is 9.63 Å². The largest absolute Gasteiger partial charge is 0.491 e. The van der Waals surface area contributed by atoms with E-state index < -0.39 is 35.3 Å². The van der Waals surface area contributed by atoms with Crippen molar-refractivity contribution in [2.24, 2.45) is 5.73 Å². The lowest BCUT2D eigenvalue weighted by atomic mass is 10.1. The van der Waals surface area contributed by atoms with Crippen molar-refractivity contribution in [2.75, 3.05) is 13.2 Å². The van der Waals surface area contributed by atoms with Gasteiger partial charge in [-0.3, -0.25) is 14.4 Å². The molecule has 1 aliphatic rings. The van der Waals surface area contributed by atoms with Crippen molar-refractivity contribution in [3.8, 4) is 5.75 Å². The second-order valence-corrected chi connectivity index (χ2v) is 4.09. The molecular formula is C12H9F3N2O5. The number of imide groups is 1. The Labute approximate surface area is 121 Å². The summed E-state index contributed by atoms with van der Waals surface area (Å²) in [4.78, 5) is 39.7. The molecule has 118 valence electrons. The Balaban J connectivity index is 2.35. The van der Waals surface area contributed by atoms with Gasteiger partial charge in [0.05, 0.1) is 17.7 Å². The predicted molar refractivity (Wildman–Crippen MR) is 63.6 cm³/mol. The molecular weight excluding hydrogens is 309 g/mol. The van der Waals surface area contributed by atoms with E-state index in [1.54, 1.807) is 0 Å². The molecule has 22 heavy (non-hydrogen) atoms. The van der Waals surface area contributed by atoms with E-state index in [9.17, 15) is 27.6 Å². The Morgan fingerprint density at radius 2 is 1.91 bits per heavy atom. The van der Waals surface area contributed by atoms with Gasteiger partial charge in [-0.05, 0) is 12.1 Å². The minimum absolute atomic E-state index is 0.0172. The first-order chi connectivity index (χ1) is 10.3. The van der Waals surface area contributed by atoms with Crippen molar-refractivity contribution in [2.45, 2.75) is 6.18 Å². The van der Waals surface area contributed by atoms with Gasteiger partial charge in [-0.2, -0.15) is 13.2 Å². The van der Waals surface area contributed by atoms with Crippen LogP contribution < -0.4 is 10.5 Å². The van der Waals surface area contributed by atoms with Gasteiger partial charge < -0.3 is 10.5 Å². The van der Waals surface area contributed by atoms with Gasteiger partial charge in [0.15, 0.2) is 0 Å². The second-order valence-electron chi connectivity index (χ2n) is 4.09. The number of amides is 2.